The van der Waals surface area contributed by atoms with Crippen LogP contribution in [0.25, 0.3) is 27.9 Å². The predicted octanol–water partition coefficient (Wildman–Crippen LogP) is 7.16. The largest absolute Gasteiger partial charge is 0.448 e. The fourth-order valence-corrected chi connectivity index (χ4v) is 6.06. The molecule has 0 unspecified atom stereocenters. The first-order valence-corrected chi connectivity index (χ1v) is 14.7. The minimum absolute atomic E-state index is 0.00442. The number of hydrogen-bond acceptors (Lipinski definition) is 5. The second kappa shape index (κ2) is 11.1. The Bertz CT molecular complexity index is 1890. The number of anilines is 1. The van der Waals surface area contributed by atoms with Crippen molar-refractivity contribution in [2.75, 3.05) is 11.9 Å². The third-order valence-electron chi connectivity index (χ3n) is 8.39. The maximum atomic E-state index is 13.6. The Hall–Kier alpha value is -5.19. The highest BCUT2D eigenvalue weighted by atomic mass is 19.4. The van der Waals surface area contributed by atoms with Crippen LogP contribution in [0, 0.1) is 0 Å². The molecule has 2 aromatic heterocycles. The summed E-state index contributed by atoms with van der Waals surface area (Å²) < 4.78 is 47.9. The smallest absolute Gasteiger partial charge is 0.417 e. The van der Waals surface area contributed by atoms with Gasteiger partial charge in [0.1, 0.15) is 12.6 Å². The van der Waals surface area contributed by atoms with E-state index in [0.717, 1.165) is 41.2 Å². The van der Waals surface area contributed by atoms with E-state index in [0.29, 0.717) is 11.2 Å². The number of amides is 2. The maximum absolute atomic E-state index is 13.6. The van der Waals surface area contributed by atoms with Gasteiger partial charge in [0.2, 0.25) is 11.9 Å². The van der Waals surface area contributed by atoms with Gasteiger partial charge in [0.15, 0.2) is 5.65 Å². The van der Waals surface area contributed by atoms with Gasteiger partial charge < -0.3 is 4.74 Å². The molecule has 1 N–H and O–H groups in total. The lowest BCUT2D eigenvalue weighted by molar-refractivity contribution is -0.137. The number of rotatable bonds is 7. The zero-order chi connectivity index (χ0) is 31.3. The summed E-state index contributed by atoms with van der Waals surface area (Å²) in [4.78, 5) is 32.5. The van der Waals surface area contributed by atoms with Gasteiger partial charge in [-0.25, -0.2) is 9.31 Å². The summed E-state index contributed by atoms with van der Waals surface area (Å²) >= 11 is 0. The summed E-state index contributed by atoms with van der Waals surface area (Å²) in [5.74, 6) is -0.646. The highest BCUT2D eigenvalue weighted by molar-refractivity contribution is 5.95. The van der Waals surface area contributed by atoms with Crippen molar-refractivity contribution in [3.8, 4) is 22.3 Å². The van der Waals surface area contributed by atoms with Crippen LogP contribution in [-0.4, -0.2) is 50.2 Å². The number of aromatic nitrogens is 3. The monoisotopic (exact) mass is 611 g/mol. The second-order valence-electron chi connectivity index (χ2n) is 11.3. The van der Waals surface area contributed by atoms with Crippen LogP contribution in [0.4, 0.5) is 23.9 Å². The van der Waals surface area contributed by atoms with E-state index in [2.05, 4.69) is 27.5 Å². The molecule has 1 saturated carbocycles. The van der Waals surface area contributed by atoms with Crippen LogP contribution in [0.2, 0.25) is 0 Å². The van der Waals surface area contributed by atoms with Crippen molar-refractivity contribution in [3.05, 3.63) is 108 Å². The third-order valence-corrected chi connectivity index (χ3v) is 8.39. The Morgan fingerprint density at radius 1 is 0.933 bits per heavy atom. The molecule has 1 atom stereocenters. The SMILES string of the molecule is C[C@@H](C(=O)Nc1nc2ccc(-c3ccccc3C(F)(F)F)cn2n1)N(C(=O)OCC1c2ccccc2-c2ccccc21)C1CC1. The molecule has 7 rings (SSSR count). The number of benzene rings is 3. The van der Waals surface area contributed by atoms with Crippen molar-refractivity contribution < 1.29 is 27.5 Å². The van der Waals surface area contributed by atoms with Gasteiger partial charge in [0, 0.05) is 23.7 Å². The first kappa shape index (κ1) is 28.6. The van der Waals surface area contributed by atoms with Crippen molar-refractivity contribution in [2.45, 2.75) is 43.9 Å². The van der Waals surface area contributed by atoms with E-state index in [1.165, 1.54) is 45.9 Å². The molecule has 11 heteroatoms. The van der Waals surface area contributed by atoms with E-state index in [9.17, 15) is 22.8 Å². The van der Waals surface area contributed by atoms with Crippen LogP contribution >= 0.6 is 0 Å². The van der Waals surface area contributed by atoms with Gasteiger partial charge in [-0.05, 0) is 65.8 Å². The average molecular weight is 612 g/mol. The van der Waals surface area contributed by atoms with Gasteiger partial charge in [-0.1, -0.05) is 66.7 Å². The fraction of sp³-hybridized carbons (Fsp3) is 0.235. The number of nitrogens with zero attached hydrogens (tertiary/aromatic N) is 4. The van der Waals surface area contributed by atoms with E-state index in [1.807, 2.05) is 36.4 Å². The summed E-state index contributed by atoms with van der Waals surface area (Å²) in [5.41, 5.74) is 4.31. The van der Waals surface area contributed by atoms with Gasteiger partial charge in [0.25, 0.3) is 0 Å². The summed E-state index contributed by atoms with van der Waals surface area (Å²) in [6.07, 6.45) is -2.14. The molecule has 0 saturated heterocycles. The number of fused-ring (bicyclic) bond motifs is 4. The average Bonchev–Trinajstić information content (AvgIpc) is 3.70. The van der Waals surface area contributed by atoms with Crippen LogP contribution in [-0.2, 0) is 15.7 Å². The van der Waals surface area contributed by atoms with Crippen LogP contribution < -0.4 is 5.32 Å². The summed E-state index contributed by atoms with van der Waals surface area (Å²) in [6.45, 7) is 1.76. The highest BCUT2D eigenvalue weighted by Crippen LogP contribution is 2.45. The van der Waals surface area contributed by atoms with Crippen LogP contribution in [0.1, 0.15) is 42.4 Å². The minimum Gasteiger partial charge on any atom is -0.448 e. The molecule has 8 nitrogen and oxygen atoms in total. The zero-order valence-corrected chi connectivity index (χ0v) is 24.2. The number of pyridine rings is 1. The number of nitrogens with one attached hydrogen (secondary N) is 1. The van der Waals surface area contributed by atoms with Crippen molar-refractivity contribution in [1.29, 1.82) is 0 Å². The zero-order valence-electron chi connectivity index (χ0n) is 24.2. The highest BCUT2D eigenvalue weighted by Gasteiger charge is 2.40. The van der Waals surface area contributed by atoms with Crippen LogP contribution in [0.5, 0.6) is 0 Å². The van der Waals surface area contributed by atoms with Crippen molar-refractivity contribution in [3.63, 3.8) is 0 Å². The van der Waals surface area contributed by atoms with Crippen molar-refractivity contribution >= 4 is 23.6 Å². The van der Waals surface area contributed by atoms with Gasteiger partial charge >= 0.3 is 12.3 Å². The molecule has 3 aromatic carbocycles. The van der Waals surface area contributed by atoms with E-state index in [1.54, 1.807) is 6.92 Å². The van der Waals surface area contributed by atoms with E-state index in [-0.39, 0.29) is 30.1 Å². The molecule has 1 fully saturated rings. The molecule has 2 aliphatic rings. The molecular formula is C34H28F3N5O3. The number of ether oxygens (including phenoxy) is 1. The molecule has 228 valence electrons. The molecule has 2 heterocycles. The molecular weight excluding hydrogens is 583 g/mol. The summed E-state index contributed by atoms with van der Waals surface area (Å²) in [7, 11) is 0. The molecule has 0 radical (unpaired) electrons. The van der Waals surface area contributed by atoms with E-state index in [4.69, 9.17) is 4.74 Å². The standard InChI is InChI=1S/C34H28F3N5O3/c1-20(31(43)39-32-38-30-17-14-21(18-41(30)40-32)23-8-6-7-13-29(23)34(35,36)37)42(22-15-16-22)33(44)45-19-28-26-11-4-2-9-24(26)25-10-3-5-12-27(25)28/h2-14,17-18,20,22,28H,15-16,19H2,1H3,(H,39,40,43)/t20-/m0/s1. The Balaban J connectivity index is 1.06. The van der Waals surface area contributed by atoms with Gasteiger partial charge in [0.05, 0.1) is 5.56 Å². The molecule has 2 amide bonds. The lowest BCUT2D eigenvalue weighted by Crippen LogP contribution is -2.47. The molecule has 0 spiro atoms. The molecule has 0 aliphatic heterocycles. The van der Waals surface area contributed by atoms with Gasteiger partial charge in [-0.3, -0.25) is 15.0 Å². The Labute approximate surface area is 256 Å². The first-order chi connectivity index (χ1) is 21.7. The lowest BCUT2D eigenvalue weighted by Gasteiger charge is -2.28. The quantitative estimate of drug-likeness (QED) is 0.211. The fourth-order valence-electron chi connectivity index (χ4n) is 6.06. The Kier molecular flexibility index (Phi) is 7.03. The van der Waals surface area contributed by atoms with Crippen LogP contribution in [0.15, 0.2) is 91.1 Å². The minimum atomic E-state index is -4.52. The Morgan fingerprint density at radius 3 is 2.20 bits per heavy atom. The molecule has 45 heavy (non-hydrogen) atoms. The normalized spacial score (nSPS) is 14.9. The Morgan fingerprint density at radius 2 is 1.56 bits per heavy atom. The summed E-state index contributed by atoms with van der Waals surface area (Å²) in [6, 6.07) is 23.5. The lowest BCUT2D eigenvalue weighted by atomic mass is 9.98. The predicted molar refractivity (Wildman–Crippen MR) is 161 cm³/mol. The maximum Gasteiger partial charge on any atom is 0.417 e. The number of carbonyl (C=O) groups is 2. The summed E-state index contributed by atoms with van der Waals surface area (Å²) in [5, 5.41) is 6.92. The topological polar surface area (TPSA) is 88.8 Å². The van der Waals surface area contributed by atoms with E-state index < -0.39 is 29.8 Å². The van der Waals surface area contributed by atoms with Gasteiger partial charge in [-0.2, -0.15) is 18.2 Å². The molecule has 5 aromatic rings. The number of alkyl halides is 3. The number of carbonyl (C=O) groups excluding carboxylic acids is 2. The number of hydrogen-bond donors (Lipinski definition) is 1. The molecule has 0 bridgehead atoms. The molecule has 2 aliphatic carbocycles. The van der Waals surface area contributed by atoms with Crippen LogP contribution in [0.3, 0.4) is 0 Å². The van der Waals surface area contributed by atoms with E-state index >= 15 is 0 Å². The second-order valence-corrected chi connectivity index (χ2v) is 11.3. The van der Waals surface area contributed by atoms with Gasteiger partial charge in [-0.15, -0.1) is 5.10 Å². The third kappa shape index (κ3) is 5.39. The number of halogens is 3. The first-order valence-electron chi connectivity index (χ1n) is 14.7. The van der Waals surface area contributed by atoms with Crippen molar-refractivity contribution in [1.82, 2.24) is 19.5 Å². The van der Waals surface area contributed by atoms with Crippen molar-refractivity contribution in [2.24, 2.45) is 0 Å².